The molecule has 0 bridgehead atoms. The van der Waals surface area contributed by atoms with Gasteiger partial charge in [-0.15, -0.1) is 10.2 Å². The normalized spacial score (nSPS) is 15.9. The molecule has 0 spiro atoms. The second-order valence-electron chi connectivity index (χ2n) is 4.50. The lowest BCUT2D eigenvalue weighted by Gasteiger charge is -2.29. The van der Waals surface area contributed by atoms with Gasteiger partial charge in [-0.25, -0.2) is 0 Å². The lowest BCUT2D eigenvalue weighted by molar-refractivity contribution is 0.589. The Bertz CT molecular complexity index is 510. The highest BCUT2D eigenvalue weighted by molar-refractivity contribution is 5.51. The van der Waals surface area contributed by atoms with Gasteiger partial charge in [0.15, 0.2) is 0 Å². The van der Waals surface area contributed by atoms with Gasteiger partial charge in [0.2, 0.25) is 0 Å². The van der Waals surface area contributed by atoms with E-state index < -0.39 is 0 Å². The summed E-state index contributed by atoms with van der Waals surface area (Å²) >= 11 is 0. The van der Waals surface area contributed by atoms with E-state index in [1.165, 1.54) is 5.69 Å². The van der Waals surface area contributed by atoms with Crippen LogP contribution in [0.4, 0.5) is 5.69 Å². The predicted molar refractivity (Wildman–Crippen MR) is 71.2 cm³/mol. The number of hydrogen-bond acceptors (Lipinski definition) is 4. The first-order valence-electron chi connectivity index (χ1n) is 6.27. The first-order chi connectivity index (χ1) is 8.84. The molecule has 1 aromatic heterocycles. The molecule has 2 heterocycles. The van der Waals surface area contributed by atoms with E-state index in [4.69, 9.17) is 0 Å². The van der Waals surface area contributed by atoms with Crippen molar-refractivity contribution in [1.82, 2.24) is 20.1 Å². The van der Waals surface area contributed by atoms with E-state index in [0.29, 0.717) is 0 Å². The van der Waals surface area contributed by atoms with Crippen LogP contribution in [0.5, 0.6) is 0 Å². The molecule has 0 amide bonds. The van der Waals surface area contributed by atoms with E-state index in [2.05, 4.69) is 44.7 Å². The SMILES string of the molecule is Cc1nncn1-c1ccc(N2CCNCC2)cc1. The van der Waals surface area contributed by atoms with Crippen molar-refractivity contribution in [2.45, 2.75) is 6.92 Å². The van der Waals surface area contributed by atoms with E-state index >= 15 is 0 Å². The zero-order chi connectivity index (χ0) is 12.4. The number of piperazine rings is 1. The third-order valence-corrected chi connectivity index (χ3v) is 3.33. The van der Waals surface area contributed by atoms with Crippen LogP contribution in [0.25, 0.3) is 5.69 Å². The number of hydrogen-bond donors (Lipinski definition) is 1. The molecule has 0 atom stereocenters. The summed E-state index contributed by atoms with van der Waals surface area (Å²) in [5.41, 5.74) is 2.39. The van der Waals surface area contributed by atoms with Crippen molar-refractivity contribution in [3.63, 3.8) is 0 Å². The van der Waals surface area contributed by atoms with Gasteiger partial charge in [0, 0.05) is 37.6 Å². The second kappa shape index (κ2) is 4.78. The highest BCUT2D eigenvalue weighted by atomic mass is 15.3. The van der Waals surface area contributed by atoms with Crippen LogP contribution < -0.4 is 10.2 Å². The fourth-order valence-corrected chi connectivity index (χ4v) is 2.29. The Labute approximate surface area is 106 Å². The van der Waals surface area contributed by atoms with Gasteiger partial charge in [-0.2, -0.15) is 0 Å². The van der Waals surface area contributed by atoms with E-state index in [0.717, 1.165) is 37.7 Å². The fourth-order valence-electron chi connectivity index (χ4n) is 2.29. The van der Waals surface area contributed by atoms with Crippen molar-refractivity contribution >= 4 is 5.69 Å². The molecule has 1 saturated heterocycles. The third kappa shape index (κ3) is 2.09. The molecule has 1 fully saturated rings. The summed E-state index contributed by atoms with van der Waals surface area (Å²) in [5, 5.41) is 11.3. The molecule has 2 aromatic rings. The molecule has 5 heteroatoms. The summed E-state index contributed by atoms with van der Waals surface area (Å²) in [6.07, 6.45) is 1.75. The van der Waals surface area contributed by atoms with Crippen molar-refractivity contribution in [3.05, 3.63) is 36.4 Å². The molecule has 1 aromatic carbocycles. The first kappa shape index (κ1) is 11.2. The zero-order valence-electron chi connectivity index (χ0n) is 10.5. The number of aryl methyl sites for hydroxylation is 1. The van der Waals surface area contributed by atoms with Crippen molar-refractivity contribution in [2.75, 3.05) is 31.1 Å². The molecule has 1 N–H and O–H groups in total. The Kier molecular flexibility index (Phi) is 2.98. The van der Waals surface area contributed by atoms with E-state index in [1.54, 1.807) is 6.33 Å². The minimum Gasteiger partial charge on any atom is -0.369 e. The average Bonchev–Trinajstić information content (AvgIpc) is 2.86. The summed E-state index contributed by atoms with van der Waals surface area (Å²) < 4.78 is 1.99. The van der Waals surface area contributed by atoms with Gasteiger partial charge in [0.05, 0.1) is 0 Å². The number of aromatic nitrogens is 3. The van der Waals surface area contributed by atoms with E-state index in [9.17, 15) is 0 Å². The van der Waals surface area contributed by atoms with Crippen LogP contribution in [0, 0.1) is 6.92 Å². The monoisotopic (exact) mass is 243 g/mol. The summed E-state index contributed by atoms with van der Waals surface area (Å²) in [6.45, 7) is 6.23. The average molecular weight is 243 g/mol. The van der Waals surface area contributed by atoms with Gasteiger partial charge in [0.1, 0.15) is 12.2 Å². The lowest BCUT2D eigenvalue weighted by Crippen LogP contribution is -2.43. The fraction of sp³-hybridized carbons (Fsp3) is 0.385. The maximum absolute atomic E-state index is 4.00. The van der Waals surface area contributed by atoms with Crippen LogP contribution in [-0.2, 0) is 0 Å². The van der Waals surface area contributed by atoms with Crippen LogP contribution in [0.1, 0.15) is 5.82 Å². The van der Waals surface area contributed by atoms with Gasteiger partial charge >= 0.3 is 0 Å². The lowest BCUT2D eigenvalue weighted by atomic mass is 10.2. The van der Waals surface area contributed by atoms with Crippen molar-refractivity contribution < 1.29 is 0 Å². The maximum atomic E-state index is 4.00. The Balaban J connectivity index is 1.82. The predicted octanol–water partition coefficient (Wildman–Crippen LogP) is 0.985. The number of benzene rings is 1. The van der Waals surface area contributed by atoms with Gasteiger partial charge in [-0.05, 0) is 31.2 Å². The molecule has 0 aliphatic carbocycles. The molecule has 18 heavy (non-hydrogen) atoms. The second-order valence-corrected chi connectivity index (χ2v) is 4.50. The maximum Gasteiger partial charge on any atom is 0.134 e. The topological polar surface area (TPSA) is 46.0 Å². The summed E-state index contributed by atoms with van der Waals surface area (Å²) in [6, 6.07) is 8.57. The molecule has 0 unspecified atom stereocenters. The molecule has 94 valence electrons. The molecule has 1 aliphatic heterocycles. The van der Waals surface area contributed by atoms with Crippen LogP contribution >= 0.6 is 0 Å². The molecular weight excluding hydrogens is 226 g/mol. The van der Waals surface area contributed by atoms with Crippen LogP contribution in [0.3, 0.4) is 0 Å². The molecule has 1 aliphatic rings. The largest absolute Gasteiger partial charge is 0.369 e. The van der Waals surface area contributed by atoms with Crippen LogP contribution in [-0.4, -0.2) is 40.9 Å². The minimum atomic E-state index is 0.907. The molecular formula is C13H17N5. The zero-order valence-corrected chi connectivity index (χ0v) is 10.5. The molecule has 3 rings (SSSR count). The quantitative estimate of drug-likeness (QED) is 0.854. The Morgan fingerprint density at radius 2 is 1.72 bits per heavy atom. The molecule has 0 radical (unpaired) electrons. The van der Waals surface area contributed by atoms with Crippen molar-refractivity contribution in [2.24, 2.45) is 0 Å². The number of nitrogens with one attached hydrogen (secondary N) is 1. The number of anilines is 1. The highest BCUT2D eigenvalue weighted by Crippen LogP contribution is 2.18. The summed E-state index contributed by atoms with van der Waals surface area (Å²) in [7, 11) is 0. The molecule has 0 saturated carbocycles. The van der Waals surface area contributed by atoms with Crippen molar-refractivity contribution in [3.8, 4) is 5.69 Å². The molecule has 5 nitrogen and oxygen atoms in total. The summed E-state index contributed by atoms with van der Waals surface area (Å²) in [5.74, 6) is 0.907. The first-order valence-corrected chi connectivity index (χ1v) is 6.27. The smallest absolute Gasteiger partial charge is 0.134 e. The van der Waals surface area contributed by atoms with Gasteiger partial charge in [0.25, 0.3) is 0 Å². The standard InChI is InChI=1S/C13H17N5/c1-11-16-15-10-18(11)13-4-2-12(3-5-13)17-8-6-14-7-9-17/h2-5,10,14H,6-9H2,1H3. The van der Waals surface area contributed by atoms with E-state index in [-0.39, 0.29) is 0 Å². The number of nitrogens with zero attached hydrogens (tertiary/aromatic N) is 4. The van der Waals surface area contributed by atoms with Crippen molar-refractivity contribution in [1.29, 1.82) is 0 Å². The number of rotatable bonds is 2. The Morgan fingerprint density at radius 3 is 2.33 bits per heavy atom. The van der Waals surface area contributed by atoms with Crippen LogP contribution in [0.15, 0.2) is 30.6 Å². The third-order valence-electron chi connectivity index (χ3n) is 3.33. The van der Waals surface area contributed by atoms with Gasteiger partial charge in [-0.3, -0.25) is 4.57 Å². The van der Waals surface area contributed by atoms with Crippen LogP contribution in [0.2, 0.25) is 0 Å². The Hall–Kier alpha value is -1.88. The van der Waals surface area contributed by atoms with Gasteiger partial charge in [-0.1, -0.05) is 0 Å². The summed E-state index contributed by atoms with van der Waals surface area (Å²) in [4.78, 5) is 2.40. The highest BCUT2D eigenvalue weighted by Gasteiger charge is 2.10. The Morgan fingerprint density at radius 1 is 1.06 bits per heavy atom. The van der Waals surface area contributed by atoms with E-state index in [1.807, 2.05) is 11.5 Å². The van der Waals surface area contributed by atoms with Gasteiger partial charge < -0.3 is 10.2 Å². The minimum absolute atomic E-state index is 0.907.